The number of furan rings is 1. The Balaban J connectivity index is 1.48. The van der Waals surface area contributed by atoms with Crippen LogP contribution in [-0.2, 0) is 4.79 Å². The van der Waals surface area contributed by atoms with Gasteiger partial charge in [0, 0.05) is 23.4 Å². The molecule has 2 aromatic rings. The van der Waals surface area contributed by atoms with Crippen molar-refractivity contribution in [3.8, 4) is 0 Å². The predicted molar refractivity (Wildman–Crippen MR) is 80.8 cm³/mol. The Morgan fingerprint density at radius 2 is 2.33 bits per heavy atom. The van der Waals surface area contributed by atoms with Crippen LogP contribution in [0.2, 0.25) is 0 Å². The lowest BCUT2D eigenvalue weighted by molar-refractivity contribution is -0.123. The van der Waals surface area contributed by atoms with Crippen molar-refractivity contribution in [3.63, 3.8) is 0 Å². The minimum absolute atomic E-state index is 0.0202. The van der Waals surface area contributed by atoms with Crippen LogP contribution in [0.1, 0.15) is 31.4 Å². The van der Waals surface area contributed by atoms with Gasteiger partial charge in [-0.1, -0.05) is 18.2 Å². The van der Waals surface area contributed by atoms with E-state index in [1.54, 1.807) is 6.26 Å². The van der Waals surface area contributed by atoms with E-state index in [1.165, 1.54) is 0 Å². The number of rotatable bonds is 3. The summed E-state index contributed by atoms with van der Waals surface area (Å²) in [6.07, 6.45) is 3.92. The van der Waals surface area contributed by atoms with Crippen molar-refractivity contribution in [2.45, 2.75) is 25.8 Å². The molecule has 4 nitrogen and oxygen atoms in total. The highest BCUT2D eigenvalue weighted by atomic mass is 16.3. The van der Waals surface area contributed by atoms with Crippen LogP contribution in [0.25, 0.3) is 11.0 Å². The van der Waals surface area contributed by atoms with E-state index in [2.05, 4.69) is 10.6 Å². The molecule has 1 spiro atoms. The first kappa shape index (κ1) is 12.9. The monoisotopic (exact) mass is 284 g/mol. The van der Waals surface area contributed by atoms with Crippen molar-refractivity contribution in [1.82, 2.24) is 10.6 Å². The topological polar surface area (TPSA) is 54.3 Å². The first-order valence-electron chi connectivity index (χ1n) is 7.67. The Labute approximate surface area is 123 Å². The molecule has 1 saturated heterocycles. The van der Waals surface area contributed by atoms with Gasteiger partial charge in [-0.15, -0.1) is 0 Å². The lowest BCUT2D eigenvalue weighted by atomic mass is 10.0. The molecule has 2 aliphatic rings. The molecular weight excluding hydrogens is 264 g/mol. The molecule has 1 amide bonds. The van der Waals surface area contributed by atoms with Crippen molar-refractivity contribution < 1.29 is 9.21 Å². The summed E-state index contributed by atoms with van der Waals surface area (Å²) < 4.78 is 5.56. The quantitative estimate of drug-likeness (QED) is 0.911. The van der Waals surface area contributed by atoms with Crippen LogP contribution in [-0.4, -0.2) is 19.0 Å². The van der Waals surface area contributed by atoms with Crippen LogP contribution >= 0.6 is 0 Å². The number of carbonyl (C=O) groups excluding carboxylic acids is 1. The average Bonchev–Trinajstić information content (AvgIpc) is 2.84. The van der Waals surface area contributed by atoms with Gasteiger partial charge in [-0.05, 0) is 37.8 Å². The molecule has 2 heterocycles. The molecule has 1 aromatic heterocycles. The summed E-state index contributed by atoms with van der Waals surface area (Å²) in [6, 6.07) is 7.92. The molecule has 2 fully saturated rings. The Bertz CT molecular complexity index is 685. The van der Waals surface area contributed by atoms with Crippen LogP contribution in [0.4, 0.5) is 0 Å². The van der Waals surface area contributed by atoms with Gasteiger partial charge in [-0.3, -0.25) is 4.79 Å². The predicted octanol–water partition coefficient (Wildman–Crippen LogP) is 2.61. The van der Waals surface area contributed by atoms with E-state index in [0.29, 0.717) is 0 Å². The molecule has 110 valence electrons. The smallest absolute Gasteiger partial charge is 0.224 e. The first-order chi connectivity index (χ1) is 10.2. The fourth-order valence-corrected chi connectivity index (χ4v) is 3.68. The summed E-state index contributed by atoms with van der Waals surface area (Å²) in [5.74, 6) is 0.379. The number of nitrogens with one attached hydrogen (secondary N) is 2. The minimum Gasteiger partial charge on any atom is -0.464 e. The number of amides is 1. The molecule has 4 rings (SSSR count). The van der Waals surface area contributed by atoms with Crippen molar-refractivity contribution in [2.75, 3.05) is 13.1 Å². The molecule has 1 aromatic carbocycles. The van der Waals surface area contributed by atoms with Gasteiger partial charge in [0.2, 0.25) is 5.91 Å². The van der Waals surface area contributed by atoms with E-state index < -0.39 is 0 Å². The lowest BCUT2D eigenvalue weighted by Gasteiger charge is -2.14. The van der Waals surface area contributed by atoms with E-state index in [0.717, 1.165) is 42.5 Å². The van der Waals surface area contributed by atoms with Crippen LogP contribution in [0.5, 0.6) is 0 Å². The summed E-state index contributed by atoms with van der Waals surface area (Å²) in [6.45, 7) is 4.07. The molecule has 1 aliphatic carbocycles. The number of benzene rings is 1. The molecule has 1 saturated carbocycles. The Kier molecular flexibility index (Phi) is 2.82. The average molecular weight is 284 g/mol. The Morgan fingerprint density at radius 3 is 3.14 bits per heavy atom. The maximum Gasteiger partial charge on any atom is 0.224 e. The molecule has 21 heavy (non-hydrogen) atoms. The van der Waals surface area contributed by atoms with E-state index >= 15 is 0 Å². The van der Waals surface area contributed by atoms with Gasteiger partial charge in [0.15, 0.2) is 0 Å². The molecule has 1 aliphatic heterocycles. The molecule has 3 atom stereocenters. The molecule has 0 radical (unpaired) electrons. The van der Waals surface area contributed by atoms with Gasteiger partial charge in [0.25, 0.3) is 0 Å². The third-order valence-electron chi connectivity index (χ3n) is 5.12. The highest BCUT2D eigenvalue weighted by Crippen LogP contribution is 2.56. The van der Waals surface area contributed by atoms with Gasteiger partial charge in [-0.25, -0.2) is 0 Å². The van der Waals surface area contributed by atoms with E-state index in [4.69, 9.17) is 4.42 Å². The maximum atomic E-state index is 12.4. The zero-order chi connectivity index (χ0) is 14.4. The van der Waals surface area contributed by atoms with E-state index in [1.807, 2.05) is 31.2 Å². The highest BCUT2D eigenvalue weighted by molar-refractivity contribution is 5.85. The summed E-state index contributed by atoms with van der Waals surface area (Å²) in [5, 5.41) is 7.61. The fraction of sp³-hybridized carbons (Fsp3) is 0.471. The van der Waals surface area contributed by atoms with Gasteiger partial charge in [0.05, 0.1) is 12.3 Å². The molecule has 0 bridgehead atoms. The van der Waals surface area contributed by atoms with Gasteiger partial charge < -0.3 is 15.1 Å². The molecule has 3 unspecified atom stereocenters. The molecule has 2 N–H and O–H groups in total. The number of fused-ring (bicyclic) bond motifs is 1. The summed E-state index contributed by atoms with van der Waals surface area (Å²) in [7, 11) is 0. The normalized spacial score (nSPS) is 28.9. The third kappa shape index (κ3) is 2.05. The van der Waals surface area contributed by atoms with Crippen molar-refractivity contribution in [2.24, 2.45) is 11.3 Å². The second-order valence-corrected chi connectivity index (χ2v) is 6.46. The number of hydrogen-bond acceptors (Lipinski definition) is 3. The standard InChI is InChI=1S/C17H20N2O2/c1-11(13-9-21-15-5-3-2-4-12(13)15)19-16(20)14-8-17(14)6-7-18-10-17/h2-5,9,11,14,18H,6-8,10H2,1H3,(H,19,20). The molecule has 4 heteroatoms. The van der Waals surface area contributed by atoms with Crippen molar-refractivity contribution >= 4 is 16.9 Å². The SMILES string of the molecule is CC(NC(=O)C1CC12CCNC2)c1coc2ccccc12. The maximum absolute atomic E-state index is 12.4. The fourth-order valence-electron chi connectivity index (χ4n) is 3.68. The van der Waals surface area contributed by atoms with Crippen LogP contribution < -0.4 is 10.6 Å². The minimum atomic E-state index is -0.0202. The van der Waals surface area contributed by atoms with Gasteiger partial charge in [-0.2, -0.15) is 0 Å². The Morgan fingerprint density at radius 1 is 1.48 bits per heavy atom. The van der Waals surface area contributed by atoms with Crippen LogP contribution in [0, 0.1) is 11.3 Å². The summed E-state index contributed by atoms with van der Waals surface area (Å²) in [5.41, 5.74) is 2.18. The lowest BCUT2D eigenvalue weighted by Crippen LogP contribution is -2.30. The van der Waals surface area contributed by atoms with E-state index in [9.17, 15) is 4.79 Å². The molecular formula is C17H20N2O2. The van der Waals surface area contributed by atoms with Crippen LogP contribution in [0.3, 0.4) is 0 Å². The van der Waals surface area contributed by atoms with Gasteiger partial charge in [0.1, 0.15) is 5.58 Å². The number of carbonyl (C=O) groups is 1. The van der Waals surface area contributed by atoms with Crippen LogP contribution in [0.15, 0.2) is 34.9 Å². The third-order valence-corrected chi connectivity index (χ3v) is 5.12. The first-order valence-corrected chi connectivity index (χ1v) is 7.67. The summed E-state index contributed by atoms with van der Waals surface area (Å²) >= 11 is 0. The summed E-state index contributed by atoms with van der Waals surface area (Å²) in [4.78, 5) is 12.4. The second-order valence-electron chi connectivity index (χ2n) is 6.46. The van der Waals surface area contributed by atoms with Crippen molar-refractivity contribution in [3.05, 3.63) is 36.1 Å². The Hall–Kier alpha value is -1.81. The van der Waals surface area contributed by atoms with Gasteiger partial charge >= 0.3 is 0 Å². The van der Waals surface area contributed by atoms with Crippen molar-refractivity contribution in [1.29, 1.82) is 0 Å². The number of hydrogen-bond donors (Lipinski definition) is 2. The van der Waals surface area contributed by atoms with E-state index in [-0.39, 0.29) is 23.3 Å². The zero-order valence-corrected chi connectivity index (χ0v) is 12.2. The largest absolute Gasteiger partial charge is 0.464 e. The zero-order valence-electron chi connectivity index (χ0n) is 12.2. The number of para-hydroxylation sites is 1. The highest BCUT2D eigenvalue weighted by Gasteiger charge is 2.59. The second kappa shape index (κ2) is 4.60.